The molecule has 0 bridgehead atoms. The number of carbonyl (C=O) groups excluding carboxylic acids is 1. The highest BCUT2D eigenvalue weighted by Gasteiger charge is 2.29. The summed E-state index contributed by atoms with van der Waals surface area (Å²) in [5.41, 5.74) is 3.79. The molecular weight excluding hydrogens is 246 g/mol. The fourth-order valence-corrected chi connectivity index (χ4v) is 3.39. The SMILES string of the molecule is CC1(CNC(=O)c2ccccc2NN)CCCS1. The van der Waals surface area contributed by atoms with Crippen molar-refractivity contribution >= 4 is 23.4 Å². The molecule has 98 valence electrons. The van der Waals surface area contributed by atoms with Crippen LogP contribution in [-0.2, 0) is 0 Å². The van der Waals surface area contributed by atoms with Crippen LogP contribution in [0.3, 0.4) is 0 Å². The van der Waals surface area contributed by atoms with E-state index < -0.39 is 0 Å². The highest BCUT2D eigenvalue weighted by atomic mass is 32.2. The number of thioether (sulfide) groups is 1. The van der Waals surface area contributed by atoms with Gasteiger partial charge in [-0.25, -0.2) is 0 Å². The molecule has 0 radical (unpaired) electrons. The first-order valence-corrected chi connectivity index (χ1v) is 7.11. The topological polar surface area (TPSA) is 67.2 Å². The lowest BCUT2D eigenvalue weighted by Gasteiger charge is -2.23. The van der Waals surface area contributed by atoms with Gasteiger partial charge in [-0.05, 0) is 37.7 Å². The van der Waals surface area contributed by atoms with Gasteiger partial charge in [-0.3, -0.25) is 10.6 Å². The van der Waals surface area contributed by atoms with Crippen LogP contribution in [0.1, 0.15) is 30.1 Å². The Morgan fingerprint density at radius 1 is 1.50 bits per heavy atom. The number of hydrogen-bond acceptors (Lipinski definition) is 4. The Morgan fingerprint density at radius 2 is 2.28 bits per heavy atom. The maximum Gasteiger partial charge on any atom is 0.253 e. The van der Waals surface area contributed by atoms with E-state index in [9.17, 15) is 4.79 Å². The molecule has 1 saturated heterocycles. The minimum Gasteiger partial charge on any atom is -0.351 e. The number of amides is 1. The van der Waals surface area contributed by atoms with Gasteiger partial charge >= 0.3 is 0 Å². The quantitative estimate of drug-likeness (QED) is 0.575. The molecule has 1 atom stereocenters. The molecule has 1 aliphatic heterocycles. The summed E-state index contributed by atoms with van der Waals surface area (Å²) in [5, 5.41) is 3.00. The lowest BCUT2D eigenvalue weighted by molar-refractivity contribution is 0.0950. The van der Waals surface area contributed by atoms with Gasteiger partial charge in [0.25, 0.3) is 5.91 Å². The number of nitrogens with one attached hydrogen (secondary N) is 2. The Hall–Kier alpha value is -1.20. The third kappa shape index (κ3) is 2.97. The maximum atomic E-state index is 12.1. The number of carbonyl (C=O) groups is 1. The molecule has 1 unspecified atom stereocenters. The standard InChI is InChI=1S/C13H19N3OS/c1-13(7-4-8-18-13)9-15-12(17)10-5-2-3-6-11(10)16-14/h2-3,5-6,16H,4,7-9,14H2,1H3,(H,15,17). The van der Waals surface area contributed by atoms with Crippen molar-refractivity contribution < 1.29 is 4.79 Å². The Kier molecular flexibility index (Phi) is 4.14. The molecule has 0 aromatic heterocycles. The summed E-state index contributed by atoms with van der Waals surface area (Å²) in [7, 11) is 0. The van der Waals surface area contributed by atoms with E-state index in [1.54, 1.807) is 12.1 Å². The molecule has 18 heavy (non-hydrogen) atoms. The summed E-state index contributed by atoms with van der Waals surface area (Å²) in [6.45, 7) is 2.91. The maximum absolute atomic E-state index is 12.1. The Balaban J connectivity index is 1.99. The van der Waals surface area contributed by atoms with E-state index in [4.69, 9.17) is 5.84 Å². The van der Waals surface area contributed by atoms with Crippen LogP contribution in [-0.4, -0.2) is 23.0 Å². The van der Waals surface area contributed by atoms with Crippen molar-refractivity contribution in [3.05, 3.63) is 29.8 Å². The van der Waals surface area contributed by atoms with Crippen LogP contribution in [0.15, 0.2) is 24.3 Å². The van der Waals surface area contributed by atoms with E-state index in [-0.39, 0.29) is 10.7 Å². The summed E-state index contributed by atoms with van der Waals surface area (Å²) in [5.74, 6) is 6.51. The summed E-state index contributed by atoms with van der Waals surface area (Å²) in [4.78, 5) is 12.1. The zero-order chi connectivity index (χ0) is 13.0. The van der Waals surface area contributed by atoms with Crippen LogP contribution >= 0.6 is 11.8 Å². The van der Waals surface area contributed by atoms with Crippen LogP contribution < -0.4 is 16.6 Å². The number of benzene rings is 1. The van der Waals surface area contributed by atoms with E-state index >= 15 is 0 Å². The molecule has 4 nitrogen and oxygen atoms in total. The number of nitrogens with two attached hydrogens (primary N) is 1. The average molecular weight is 265 g/mol. The summed E-state index contributed by atoms with van der Waals surface area (Å²) in [6.07, 6.45) is 2.40. The predicted octanol–water partition coefficient (Wildman–Crippen LogP) is 1.99. The van der Waals surface area contributed by atoms with Crippen molar-refractivity contribution in [2.24, 2.45) is 5.84 Å². The van der Waals surface area contributed by atoms with E-state index in [0.29, 0.717) is 17.8 Å². The van der Waals surface area contributed by atoms with E-state index in [0.717, 1.165) is 6.42 Å². The molecule has 4 N–H and O–H groups in total. The second-order valence-corrected chi connectivity index (χ2v) is 6.46. The molecule has 1 heterocycles. The van der Waals surface area contributed by atoms with Crippen molar-refractivity contribution in [3.63, 3.8) is 0 Å². The summed E-state index contributed by atoms with van der Waals surface area (Å²) >= 11 is 1.94. The number of anilines is 1. The van der Waals surface area contributed by atoms with Crippen LogP contribution in [0.2, 0.25) is 0 Å². The second-order valence-electron chi connectivity index (χ2n) is 4.77. The normalized spacial score (nSPS) is 22.8. The number of para-hydroxylation sites is 1. The molecule has 1 aromatic carbocycles. The number of nitrogen functional groups attached to an aromatic ring is 1. The molecule has 0 spiro atoms. The minimum atomic E-state index is -0.0720. The first-order valence-electron chi connectivity index (χ1n) is 6.12. The monoisotopic (exact) mass is 265 g/mol. The molecular formula is C13H19N3OS. The first kappa shape index (κ1) is 13.2. The zero-order valence-electron chi connectivity index (χ0n) is 10.5. The van der Waals surface area contributed by atoms with Crippen molar-refractivity contribution in [2.45, 2.75) is 24.5 Å². The van der Waals surface area contributed by atoms with E-state index in [1.165, 1.54) is 12.2 Å². The van der Waals surface area contributed by atoms with Gasteiger partial charge in [-0.2, -0.15) is 11.8 Å². The molecule has 0 saturated carbocycles. The molecule has 1 aliphatic rings. The van der Waals surface area contributed by atoms with Crippen LogP contribution in [0.4, 0.5) is 5.69 Å². The van der Waals surface area contributed by atoms with Crippen molar-refractivity contribution in [3.8, 4) is 0 Å². The third-order valence-electron chi connectivity index (χ3n) is 3.25. The van der Waals surface area contributed by atoms with Gasteiger partial charge in [0.15, 0.2) is 0 Å². The van der Waals surface area contributed by atoms with E-state index in [1.807, 2.05) is 23.9 Å². The first-order chi connectivity index (χ1) is 8.64. The second kappa shape index (κ2) is 5.63. The van der Waals surface area contributed by atoms with Gasteiger partial charge in [-0.15, -0.1) is 0 Å². The summed E-state index contributed by atoms with van der Waals surface area (Å²) in [6, 6.07) is 7.25. The lowest BCUT2D eigenvalue weighted by atomic mass is 10.1. The molecule has 1 amide bonds. The number of hydrazine groups is 1. The van der Waals surface area contributed by atoms with Gasteiger partial charge in [0, 0.05) is 11.3 Å². The Bertz CT molecular complexity index is 430. The zero-order valence-corrected chi connectivity index (χ0v) is 11.3. The van der Waals surface area contributed by atoms with Crippen molar-refractivity contribution in [2.75, 3.05) is 17.7 Å². The average Bonchev–Trinajstić information content (AvgIpc) is 2.83. The largest absolute Gasteiger partial charge is 0.351 e. The molecule has 2 rings (SSSR count). The van der Waals surface area contributed by atoms with Crippen molar-refractivity contribution in [1.29, 1.82) is 0 Å². The van der Waals surface area contributed by atoms with Crippen molar-refractivity contribution in [1.82, 2.24) is 5.32 Å². The van der Waals surface area contributed by atoms with Crippen LogP contribution in [0.5, 0.6) is 0 Å². The van der Waals surface area contributed by atoms with Gasteiger partial charge in [-0.1, -0.05) is 12.1 Å². The Labute approximate surface area is 112 Å². The number of rotatable bonds is 4. The van der Waals surface area contributed by atoms with Gasteiger partial charge < -0.3 is 10.7 Å². The smallest absolute Gasteiger partial charge is 0.253 e. The highest BCUT2D eigenvalue weighted by Crippen LogP contribution is 2.37. The van der Waals surface area contributed by atoms with Crippen LogP contribution in [0.25, 0.3) is 0 Å². The molecule has 1 fully saturated rings. The van der Waals surface area contributed by atoms with Gasteiger partial charge in [0.1, 0.15) is 0 Å². The predicted molar refractivity (Wildman–Crippen MR) is 76.7 cm³/mol. The molecule has 0 aliphatic carbocycles. The van der Waals surface area contributed by atoms with Crippen LogP contribution in [0, 0.1) is 0 Å². The minimum absolute atomic E-state index is 0.0720. The highest BCUT2D eigenvalue weighted by molar-refractivity contribution is 8.00. The Morgan fingerprint density at radius 3 is 2.94 bits per heavy atom. The lowest BCUT2D eigenvalue weighted by Crippen LogP contribution is -2.37. The fourth-order valence-electron chi connectivity index (χ4n) is 2.15. The molecule has 5 heteroatoms. The number of hydrogen-bond donors (Lipinski definition) is 3. The fraction of sp³-hybridized carbons (Fsp3) is 0.462. The third-order valence-corrected chi connectivity index (χ3v) is 4.79. The van der Waals surface area contributed by atoms with Gasteiger partial charge in [0.05, 0.1) is 11.3 Å². The molecule has 1 aromatic rings. The van der Waals surface area contributed by atoms with E-state index in [2.05, 4.69) is 17.7 Å². The summed E-state index contributed by atoms with van der Waals surface area (Å²) < 4.78 is 0.181. The van der Waals surface area contributed by atoms with Gasteiger partial charge in [0.2, 0.25) is 0 Å².